The molecule has 6 aromatic carbocycles. The second kappa shape index (κ2) is 31.1. The number of carboxylic acids is 3. The minimum absolute atomic E-state index is 0.00775. The molecular formula is C63H55Cl6N7O17. The highest BCUT2D eigenvalue weighted by atomic mass is 35.5. The number of fused-ring (bicyclic) bond motifs is 3. The Morgan fingerprint density at radius 2 is 0.839 bits per heavy atom. The zero-order valence-corrected chi connectivity index (χ0v) is 54.4. The molecule has 0 aliphatic rings. The molecule has 30 heteroatoms. The minimum atomic E-state index is -1.25. The van der Waals surface area contributed by atoms with Crippen LogP contribution in [0.1, 0.15) is 96.1 Å². The maximum Gasteiger partial charge on any atom is 0.355 e. The van der Waals surface area contributed by atoms with E-state index in [4.69, 9.17) is 109 Å². The average Bonchev–Trinajstić information content (AvgIpc) is 1.72. The van der Waals surface area contributed by atoms with Crippen molar-refractivity contribution in [2.45, 2.75) is 54.0 Å². The topological polar surface area (TPSA) is 356 Å². The molecule has 3 heterocycles. The van der Waals surface area contributed by atoms with Crippen LogP contribution < -0.4 is 35.5 Å². The van der Waals surface area contributed by atoms with Gasteiger partial charge < -0.3 is 75.2 Å². The molecule has 0 spiro atoms. The summed E-state index contributed by atoms with van der Waals surface area (Å²) in [6, 6.07) is 23.7. The summed E-state index contributed by atoms with van der Waals surface area (Å²) in [5.74, 6) is -4.96. The predicted octanol–water partition coefficient (Wildman–Crippen LogP) is 13.9. The summed E-state index contributed by atoms with van der Waals surface area (Å²) >= 11 is 37.5. The summed E-state index contributed by atoms with van der Waals surface area (Å²) in [7, 11) is 1.30. The fraction of sp³-hybridized carbons (Fsp3) is 0.190. The number of methoxy groups -OCH3 is 1. The van der Waals surface area contributed by atoms with Crippen LogP contribution in [-0.2, 0) is 28.7 Å². The molecule has 9 rings (SSSR count). The number of rotatable bonds is 20. The number of aromatic amines is 3. The number of hydrogen-bond donors (Lipinski definition) is 10. The van der Waals surface area contributed by atoms with Gasteiger partial charge in [-0.15, -0.1) is 0 Å². The molecule has 0 saturated heterocycles. The van der Waals surface area contributed by atoms with Gasteiger partial charge in [-0.2, -0.15) is 0 Å². The van der Waals surface area contributed by atoms with Gasteiger partial charge in [-0.3, -0.25) is 33.6 Å². The highest BCUT2D eigenvalue weighted by Crippen LogP contribution is 2.42. The number of esters is 2. The van der Waals surface area contributed by atoms with E-state index in [1.165, 1.54) is 43.5 Å². The van der Waals surface area contributed by atoms with Gasteiger partial charge in [0.1, 0.15) is 53.8 Å². The van der Waals surface area contributed by atoms with Crippen LogP contribution >= 0.6 is 69.6 Å². The Bertz CT molecular complexity index is 4400. The van der Waals surface area contributed by atoms with Crippen LogP contribution in [0.15, 0.2) is 91.0 Å². The Morgan fingerprint density at radius 3 is 1.18 bits per heavy atom. The van der Waals surface area contributed by atoms with Gasteiger partial charge in [0.15, 0.2) is 17.2 Å². The van der Waals surface area contributed by atoms with Crippen molar-refractivity contribution in [2.75, 3.05) is 32.1 Å². The third-order valence-electron chi connectivity index (χ3n) is 13.2. The van der Waals surface area contributed by atoms with Crippen molar-refractivity contribution in [1.29, 1.82) is 0 Å². The SMILES string of the molecule is CCOC(=O)c1[nH]c2ccc(Oc3c(Cl)cc(C(=O)NCC(=O)O)cc3Cl)cc2c1C.COC(=O)c1[nH]c2ccc(Oc3c(Cl)cc(C(=O)NCC(=O)O)cc3Cl)cc2c1C.Cc1c(C(=O)NC(C)C)[nH]c2ccc(Oc3c(Cl)cc(NC(=O)CC(=O)O)cc3Cl)cc12. The van der Waals surface area contributed by atoms with Crippen molar-refractivity contribution in [3.63, 3.8) is 0 Å². The van der Waals surface area contributed by atoms with E-state index in [1.54, 1.807) is 75.4 Å². The first-order chi connectivity index (χ1) is 44.0. The Kier molecular flexibility index (Phi) is 23.7. The van der Waals surface area contributed by atoms with Crippen molar-refractivity contribution in [1.82, 2.24) is 30.9 Å². The molecule has 0 saturated carbocycles. The summed E-state index contributed by atoms with van der Waals surface area (Å²) in [4.78, 5) is 113. The number of amides is 4. The van der Waals surface area contributed by atoms with Gasteiger partial charge in [0.25, 0.3) is 17.7 Å². The fourth-order valence-corrected chi connectivity index (χ4v) is 10.6. The van der Waals surface area contributed by atoms with Gasteiger partial charge in [-0.25, -0.2) is 9.59 Å². The number of carbonyl (C=O) groups is 9. The van der Waals surface area contributed by atoms with Gasteiger partial charge in [-0.05, 0) is 149 Å². The molecule has 4 amide bonds. The molecule has 0 fully saturated rings. The summed E-state index contributed by atoms with van der Waals surface area (Å²) < 4.78 is 27.3. The van der Waals surface area contributed by atoms with Crippen LogP contribution in [0.4, 0.5) is 5.69 Å². The van der Waals surface area contributed by atoms with Crippen molar-refractivity contribution < 1.29 is 82.2 Å². The second-order valence-electron chi connectivity index (χ2n) is 20.2. The number of aromatic nitrogens is 3. The van der Waals surface area contributed by atoms with E-state index < -0.39 is 67.1 Å². The number of H-pyrrole nitrogens is 3. The van der Waals surface area contributed by atoms with Gasteiger partial charge >= 0.3 is 29.8 Å². The Labute approximate surface area is 557 Å². The van der Waals surface area contributed by atoms with E-state index in [0.717, 1.165) is 38.3 Å². The number of halogens is 6. The molecule has 0 aliphatic carbocycles. The van der Waals surface area contributed by atoms with Crippen molar-refractivity contribution >= 4 is 161 Å². The molecule has 9 aromatic rings. The molecule has 3 aromatic heterocycles. The lowest BCUT2D eigenvalue weighted by Crippen LogP contribution is -2.30. The van der Waals surface area contributed by atoms with Crippen molar-refractivity contribution in [3.05, 3.63) is 166 Å². The molecule has 0 atom stereocenters. The first kappa shape index (κ1) is 70.8. The number of carbonyl (C=O) groups excluding carboxylic acids is 6. The van der Waals surface area contributed by atoms with E-state index in [-0.39, 0.29) is 82.8 Å². The third-order valence-corrected chi connectivity index (χ3v) is 14.9. The Balaban J connectivity index is 0.000000198. The largest absolute Gasteiger partial charge is 0.481 e. The molecule has 24 nitrogen and oxygen atoms in total. The van der Waals surface area contributed by atoms with Crippen LogP contribution in [0.25, 0.3) is 32.7 Å². The van der Waals surface area contributed by atoms with Crippen LogP contribution in [0, 0.1) is 20.8 Å². The number of ether oxygens (including phenoxy) is 5. The van der Waals surface area contributed by atoms with Gasteiger partial charge in [0, 0.05) is 55.6 Å². The zero-order chi connectivity index (χ0) is 68.3. The fourth-order valence-electron chi connectivity index (χ4n) is 8.90. The van der Waals surface area contributed by atoms with E-state index in [2.05, 4.69) is 36.2 Å². The van der Waals surface area contributed by atoms with E-state index >= 15 is 0 Å². The molecule has 0 bridgehead atoms. The van der Waals surface area contributed by atoms with E-state index in [0.29, 0.717) is 45.5 Å². The number of aliphatic carboxylic acids is 3. The third kappa shape index (κ3) is 17.9. The first-order valence-electron chi connectivity index (χ1n) is 27.4. The monoisotopic (exact) mass is 1390 g/mol. The number of carboxylic acid groups (broad SMARTS) is 3. The molecular weight excluding hydrogens is 1340 g/mol. The first-order valence-corrected chi connectivity index (χ1v) is 29.7. The van der Waals surface area contributed by atoms with Crippen molar-refractivity contribution in [2.24, 2.45) is 0 Å². The normalized spacial score (nSPS) is 10.8. The lowest BCUT2D eigenvalue weighted by atomic mass is 10.1. The smallest absolute Gasteiger partial charge is 0.355 e. The number of benzene rings is 6. The Morgan fingerprint density at radius 1 is 0.484 bits per heavy atom. The maximum absolute atomic E-state index is 12.4. The predicted molar refractivity (Wildman–Crippen MR) is 349 cm³/mol. The quantitative estimate of drug-likeness (QED) is 0.0250. The van der Waals surface area contributed by atoms with Crippen LogP contribution in [0.5, 0.6) is 34.5 Å². The van der Waals surface area contributed by atoms with Crippen molar-refractivity contribution in [3.8, 4) is 34.5 Å². The molecule has 0 aliphatic heterocycles. The number of nitrogens with one attached hydrogen (secondary N) is 7. The minimum Gasteiger partial charge on any atom is -0.481 e. The molecule has 10 N–H and O–H groups in total. The maximum atomic E-state index is 12.4. The summed E-state index contributed by atoms with van der Waals surface area (Å²) in [5.41, 5.74) is 6.04. The highest BCUT2D eigenvalue weighted by Gasteiger charge is 2.23. The zero-order valence-electron chi connectivity index (χ0n) is 49.9. The lowest BCUT2D eigenvalue weighted by molar-refractivity contribution is -0.140. The summed E-state index contributed by atoms with van der Waals surface area (Å²) in [6.07, 6.45) is -0.680. The van der Waals surface area contributed by atoms with Gasteiger partial charge in [-0.1, -0.05) is 69.6 Å². The second-order valence-corrected chi connectivity index (χ2v) is 22.7. The van der Waals surface area contributed by atoms with E-state index in [1.807, 2.05) is 20.8 Å². The number of hydrogen-bond acceptors (Lipinski definition) is 14. The molecule has 486 valence electrons. The van der Waals surface area contributed by atoms with Crippen LogP contribution in [-0.4, -0.2) is 117 Å². The Hall–Kier alpha value is -9.69. The number of aryl methyl sites for hydroxylation is 3. The van der Waals surface area contributed by atoms with Crippen LogP contribution in [0.2, 0.25) is 30.1 Å². The van der Waals surface area contributed by atoms with Gasteiger partial charge in [0.05, 0.1) is 43.9 Å². The highest BCUT2D eigenvalue weighted by molar-refractivity contribution is 6.39. The lowest BCUT2D eigenvalue weighted by Gasteiger charge is -2.12. The molecule has 0 unspecified atom stereocenters. The molecule has 0 radical (unpaired) electrons. The standard InChI is InChI=1S/C22H21Cl2N3O5.C21H18Cl2N2O6.C20H16Cl2N2O6/c1-10(2)25-22(31)20-11(3)14-8-13(4-5-17(14)27-20)32-21-15(23)6-12(7-16(21)24)26-18(28)9-19(29)30;1-3-30-21(29)18-10(2)13-8-12(4-5-16(13)25-18)31-19-14(22)6-11(7-15(19)23)20(28)24-9-17(26)27;1-9-12-7-11(3-4-15(12)24-17(9)20(28)29-2)30-18-13(21)5-10(6-14(18)22)19(27)23-8-16(25)26/h4-8,10,27H,9H2,1-3H3,(H,25,31)(H,26,28)(H,29,30);4-8,25H,3,9H2,1-2H3,(H,24,28)(H,26,27);3-7,24H,8H2,1-2H3,(H,23,27)(H,25,26). The van der Waals surface area contributed by atoms with E-state index in [9.17, 15) is 43.2 Å². The van der Waals surface area contributed by atoms with Gasteiger partial charge in [0.2, 0.25) is 5.91 Å². The summed E-state index contributed by atoms with van der Waals surface area (Å²) in [6.45, 7) is 10.1. The average molecular weight is 1390 g/mol. The van der Waals surface area contributed by atoms with Crippen LogP contribution in [0.3, 0.4) is 0 Å². The number of anilines is 1. The molecule has 93 heavy (non-hydrogen) atoms. The summed E-state index contributed by atoms with van der Waals surface area (Å²) in [5, 5.41) is 38.6.